The minimum atomic E-state index is 0.666. The summed E-state index contributed by atoms with van der Waals surface area (Å²) in [6, 6.07) is 13.3. The van der Waals surface area contributed by atoms with Crippen molar-refractivity contribution in [2.24, 2.45) is 5.10 Å². The molecular weight excluding hydrogens is 370 g/mol. The summed E-state index contributed by atoms with van der Waals surface area (Å²) < 4.78 is 10.6. The lowest BCUT2D eigenvalue weighted by atomic mass is 10.1. The topological polar surface area (TPSA) is 55.7 Å². The predicted molar refractivity (Wildman–Crippen MR) is 108 cm³/mol. The third-order valence-electron chi connectivity index (χ3n) is 3.76. The zero-order valence-electron chi connectivity index (χ0n) is 14.6. The van der Waals surface area contributed by atoms with Gasteiger partial charge in [0.25, 0.3) is 0 Å². The second kappa shape index (κ2) is 8.21. The van der Waals surface area contributed by atoms with Gasteiger partial charge in [0.2, 0.25) is 5.13 Å². The van der Waals surface area contributed by atoms with Crippen molar-refractivity contribution >= 4 is 33.8 Å². The van der Waals surface area contributed by atoms with Crippen LogP contribution < -0.4 is 14.9 Å². The van der Waals surface area contributed by atoms with Crippen LogP contribution in [0.15, 0.2) is 52.9 Å². The van der Waals surface area contributed by atoms with Gasteiger partial charge in [-0.25, -0.2) is 4.98 Å². The molecule has 0 fully saturated rings. The average molecular weight is 388 g/mol. The van der Waals surface area contributed by atoms with Gasteiger partial charge in [0.1, 0.15) is 0 Å². The number of nitrogens with one attached hydrogen (secondary N) is 1. The van der Waals surface area contributed by atoms with E-state index in [4.69, 9.17) is 21.1 Å². The van der Waals surface area contributed by atoms with Crippen molar-refractivity contribution in [3.8, 4) is 22.8 Å². The third-order valence-corrected chi connectivity index (χ3v) is 4.76. The highest BCUT2D eigenvalue weighted by Crippen LogP contribution is 2.28. The summed E-state index contributed by atoms with van der Waals surface area (Å²) in [4.78, 5) is 4.55. The lowest BCUT2D eigenvalue weighted by Crippen LogP contribution is -2.01. The molecule has 0 amide bonds. The monoisotopic (exact) mass is 387 g/mol. The molecular formula is C19H18ClN3O2S. The molecule has 0 aliphatic carbocycles. The van der Waals surface area contributed by atoms with Crippen LogP contribution >= 0.6 is 22.9 Å². The summed E-state index contributed by atoms with van der Waals surface area (Å²) >= 11 is 7.42. The molecule has 3 aromatic rings. The van der Waals surface area contributed by atoms with E-state index in [1.165, 1.54) is 11.3 Å². The molecule has 0 unspecified atom stereocenters. The van der Waals surface area contributed by atoms with Crippen molar-refractivity contribution in [2.45, 2.75) is 6.92 Å². The molecule has 0 saturated carbocycles. The molecule has 0 aliphatic rings. The lowest BCUT2D eigenvalue weighted by Gasteiger charge is -2.09. The van der Waals surface area contributed by atoms with Crippen LogP contribution in [-0.4, -0.2) is 24.9 Å². The molecule has 0 bridgehead atoms. The number of anilines is 1. The number of benzene rings is 2. The van der Waals surface area contributed by atoms with Crippen LogP contribution in [0.1, 0.15) is 12.5 Å². The highest BCUT2D eigenvalue weighted by Gasteiger charge is 2.07. The average Bonchev–Trinajstić information content (AvgIpc) is 3.15. The maximum Gasteiger partial charge on any atom is 0.203 e. The number of hydrogen-bond acceptors (Lipinski definition) is 6. The molecule has 0 atom stereocenters. The van der Waals surface area contributed by atoms with Gasteiger partial charge >= 0.3 is 0 Å². The van der Waals surface area contributed by atoms with Gasteiger partial charge in [-0.3, -0.25) is 5.43 Å². The number of thiazole rings is 1. The fraction of sp³-hybridized carbons (Fsp3) is 0.158. The summed E-state index contributed by atoms with van der Waals surface area (Å²) in [7, 11) is 3.22. The zero-order valence-corrected chi connectivity index (χ0v) is 16.2. The quantitative estimate of drug-likeness (QED) is 0.459. The van der Waals surface area contributed by atoms with E-state index in [1.54, 1.807) is 14.2 Å². The maximum atomic E-state index is 5.92. The Morgan fingerprint density at radius 3 is 2.50 bits per heavy atom. The van der Waals surface area contributed by atoms with E-state index in [9.17, 15) is 0 Å². The third kappa shape index (κ3) is 4.15. The van der Waals surface area contributed by atoms with Gasteiger partial charge in [-0.05, 0) is 37.3 Å². The number of methoxy groups -OCH3 is 2. The van der Waals surface area contributed by atoms with E-state index < -0.39 is 0 Å². The highest BCUT2D eigenvalue weighted by atomic mass is 35.5. The van der Waals surface area contributed by atoms with Gasteiger partial charge < -0.3 is 9.47 Å². The number of rotatable bonds is 6. The molecule has 0 saturated heterocycles. The number of halogens is 1. The van der Waals surface area contributed by atoms with E-state index in [-0.39, 0.29) is 0 Å². The Bertz CT molecular complexity index is 923. The van der Waals surface area contributed by atoms with Crippen LogP contribution in [0.25, 0.3) is 11.3 Å². The zero-order chi connectivity index (χ0) is 18.5. The predicted octanol–water partition coefficient (Wildman–Crippen LogP) is 5.32. The molecule has 134 valence electrons. The highest BCUT2D eigenvalue weighted by molar-refractivity contribution is 7.14. The van der Waals surface area contributed by atoms with Crippen molar-refractivity contribution in [1.82, 2.24) is 4.98 Å². The number of hydrazone groups is 1. The van der Waals surface area contributed by atoms with Gasteiger partial charge in [0.15, 0.2) is 11.5 Å². The fourth-order valence-corrected chi connectivity index (χ4v) is 3.12. The molecule has 3 rings (SSSR count). The maximum absolute atomic E-state index is 5.92. The minimum Gasteiger partial charge on any atom is -0.493 e. The minimum absolute atomic E-state index is 0.666. The summed E-state index contributed by atoms with van der Waals surface area (Å²) in [6.45, 7) is 1.92. The SMILES string of the molecule is COc1ccc(/C(C)=N\Nc2nc(-c3ccc(Cl)cc3)cs2)cc1OC. The summed E-state index contributed by atoms with van der Waals surface area (Å²) in [5.74, 6) is 1.35. The first kappa shape index (κ1) is 18.2. The van der Waals surface area contributed by atoms with E-state index >= 15 is 0 Å². The van der Waals surface area contributed by atoms with Gasteiger partial charge in [0, 0.05) is 21.5 Å². The molecule has 0 spiro atoms. The van der Waals surface area contributed by atoms with Crippen molar-refractivity contribution in [2.75, 3.05) is 19.6 Å². The Balaban J connectivity index is 1.74. The second-order valence-electron chi connectivity index (χ2n) is 5.42. The molecule has 26 heavy (non-hydrogen) atoms. The van der Waals surface area contributed by atoms with Gasteiger partial charge in [-0.2, -0.15) is 5.10 Å². The standard InChI is InChI=1S/C19H18ClN3O2S/c1-12(14-6-9-17(24-2)18(10-14)25-3)22-23-19-21-16(11-26-19)13-4-7-15(20)8-5-13/h4-11H,1-3H3,(H,21,23)/b22-12-. The first-order valence-electron chi connectivity index (χ1n) is 7.85. The molecule has 1 N–H and O–H groups in total. The Morgan fingerprint density at radius 1 is 1.08 bits per heavy atom. The van der Waals surface area contributed by atoms with Crippen LogP contribution in [0.3, 0.4) is 0 Å². The molecule has 5 nitrogen and oxygen atoms in total. The van der Waals surface area contributed by atoms with Crippen LogP contribution in [0.2, 0.25) is 5.02 Å². The van der Waals surface area contributed by atoms with Gasteiger partial charge in [0.05, 0.1) is 25.6 Å². The Hall–Kier alpha value is -2.57. The second-order valence-corrected chi connectivity index (χ2v) is 6.72. The summed E-state index contributed by atoms with van der Waals surface area (Å²) in [6.07, 6.45) is 0. The van der Waals surface area contributed by atoms with Crippen LogP contribution in [0, 0.1) is 0 Å². The number of nitrogens with zero attached hydrogens (tertiary/aromatic N) is 2. The fourth-order valence-electron chi connectivity index (χ4n) is 2.34. The van der Waals surface area contributed by atoms with Crippen molar-refractivity contribution in [3.63, 3.8) is 0 Å². The summed E-state index contributed by atoms with van der Waals surface area (Å²) in [5, 5.41) is 7.82. The normalized spacial score (nSPS) is 11.3. The molecule has 1 aromatic heterocycles. The van der Waals surface area contributed by atoms with Crippen LogP contribution in [-0.2, 0) is 0 Å². The van der Waals surface area contributed by atoms with E-state index in [2.05, 4.69) is 15.5 Å². The smallest absolute Gasteiger partial charge is 0.203 e. The van der Waals surface area contributed by atoms with Crippen molar-refractivity contribution < 1.29 is 9.47 Å². The largest absolute Gasteiger partial charge is 0.493 e. The number of ether oxygens (including phenoxy) is 2. The van der Waals surface area contributed by atoms with Gasteiger partial charge in [-0.15, -0.1) is 11.3 Å². The molecule has 0 radical (unpaired) electrons. The first-order valence-corrected chi connectivity index (χ1v) is 9.10. The Morgan fingerprint density at radius 2 is 1.81 bits per heavy atom. The first-order chi connectivity index (χ1) is 12.6. The number of hydrogen-bond donors (Lipinski definition) is 1. The lowest BCUT2D eigenvalue weighted by molar-refractivity contribution is 0.355. The van der Waals surface area contributed by atoms with Crippen molar-refractivity contribution in [1.29, 1.82) is 0 Å². The van der Waals surface area contributed by atoms with E-state index in [0.717, 1.165) is 27.7 Å². The van der Waals surface area contributed by atoms with Crippen molar-refractivity contribution in [3.05, 3.63) is 58.4 Å². The molecule has 7 heteroatoms. The Kier molecular flexibility index (Phi) is 5.75. The van der Waals surface area contributed by atoms with E-state index in [1.807, 2.05) is 54.8 Å². The van der Waals surface area contributed by atoms with Gasteiger partial charge in [-0.1, -0.05) is 23.7 Å². The molecule has 0 aliphatic heterocycles. The van der Waals surface area contributed by atoms with Crippen LogP contribution in [0.5, 0.6) is 11.5 Å². The molecule has 1 heterocycles. The van der Waals surface area contributed by atoms with Crippen LogP contribution in [0.4, 0.5) is 5.13 Å². The van der Waals surface area contributed by atoms with E-state index in [0.29, 0.717) is 16.5 Å². The summed E-state index contributed by atoms with van der Waals surface area (Å²) in [5.41, 5.74) is 6.65. The number of aromatic nitrogens is 1. The Labute approximate surface area is 161 Å². The molecule has 2 aromatic carbocycles.